The first-order valence-electron chi connectivity index (χ1n) is 7.18. The quantitative estimate of drug-likeness (QED) is 0.913. The van der Waals surface area contributed by atoms with Crippen molar-refractivity contribution < 1.29 is 0 Å². The molecule has 0 bridgehead atoms. The van der Waals surface area contributed by atoms with Crippen LogP contribution in [0.1, 0.15) is 18.4 Å². The third-order valence-electron chi connectivity index (χ3n) is 4.06. The van der Waals surface area contributed by atoms with Crippen LogP contribution in [0.5, 0.6) is 0 Å². The molecule has 0 radical (unpaired) electrons. The van der Waals surface area contributed by atoms with Gasteiger partial charge < -0.3 is 15.1 Å². The van der Waals surface area contributed by atoms with E-state index >= 15 is 0 Å². The van der Waals surface area contributed by atoms with Crippen LogP contribution in [0.4, 0.5) is 5.69 Å². The second kappa shape index (κ2) is 5.70. The van der Waals surface area contributed by atoms with Crippen molar-refractivity contribution in [3.8, 4) is 0 Å². The van der Waals surface area contributed by atoms with Crippen molar-refractivity contribution in [2.75, 3.05) is 38.1 Å². The fraction of sp³-hybridized carbons (Fsp3) is 0.600. The van der Waals surface area contributed by atoms with Gasteiger partial charge in [-0.1, -0.05) is 17.7 Å². The minimum absolute atomic E-state index is 0.730. The molecular formula is C15H22ClN3. The fourth-order valence-electron chi connectivity index (χ4n) is 2.48. The van der Waals surface area contributed by atoms with Gasteiger partial charge in [-0.3, -0.25) is 0 Å². The standard InChI is InChI=1S/C15H22ClN3/c1-18-6-8-19(9-7-18)14-5-2-12(15(16)10-14)11-17-13-3-4-13/h2,5,10,13,17H,3-4,6-9,11H2,1H3. The minimum atomic E-state index is 0.730. The molecule has 1 aliphatic heterocycles. The lowest BCUT2D eigenvalue weighted by molar-refractivity contribution is 0.313. The smallest absolute Gasteiger partial charge is 0.0471 e. The lowest BCUT2D eigenvalue weighted by atomic mass is 10.1. The lowest BCUT2D eigenvalue weighted by Gasteiger charge is -2.34. The van der Waals surface area contributed by atoms with E-state index in [1.54, 1.807) is 0 Å². The van der Waals surface area contributed by atoms with E-state index in [9.17, 15) is 0 Å². The third kappa shape index (κ3) is 3.41. The molecule has 104 valence electrons. The predicted molar refractivity (Wildman–Crippen MR) is 81.0 cm³/mol. The molecule has 2 aliphatic rings. The third-order valence-corrected chi connectivity index (χ3v) is 4.42. The van der Waals surface area contributed by atoms with Gasteiger partial charge in [0.15, 0.2) is 0 Å². The Morgan fingerprint density at radius 2 is 1.95 bits per heavy atom. The van der Waals surface area contributed by atoms with Crippen LogP contribution < -0.4 is 10.2 Å². The Morgan fingerprint density at radius 3 is 2.58 bits per heavy atom. The number of anilines is 1. The highest BCUT2D eigenvalue weighted by atomic mass is 35.5. The van der Waals surface area contributed by atoms with Gasteiger partial charge in [0, 0.05) is 49.5 Å². The first kappa shape index (κ1) is 13.2. The van der Waals surface area contributed by atoms with Crippen molar-refractivity contribution in [1.29, 1.82) is 0 Å². The van der Waals surface area contributed by atoms with E-state index in [-0.39, 0.29) is 0 Å². The highest BCUT2D eigenvalue weighted by Gasteiger charge is 2.20. The molecular weight excluding hydrogens is 258 g/mol. The molecule has 2 fully saturated rings. The molecule has 3 nitrogen and oxygen atoms in total. The maximum Gasteiger partial charge on any atom is 0.0471 e. The number of rotatable bonds is 4. The van der Waals surface area contributed by atoms with Crippen LogP contribution in [0.3, 0.4) is 0 Å². The summed E-state index contributed by atoms with van der Waals surface area (Å²) in [6.07, 6.45) is 2.63. The molecule has 0 atom stereocenters. The highest BCUT2D eigenvalue weighted by molar-refractivity contribution is 6.31. The summed E-state index contributed by atoms with van der Waals surface area (Å²) in [7, 11) is 2.18. The van der Waals surface area contributed by atoms with Crippen molar-refractivity contribution in [2.45, 2.75) is 25.4 Å². The molecule has 1 aromatic carbocycles. The largest absolute Gasteiger partial charge is 0.369 e. The maximum atomic E-state index is 6.40. The van der Waals surface area contributed by atoms with E-state index in [1.165, 1.54) is 24.1 Å². The molecule has 0 aromatic heterocycles. The summed E-state index contributed by atoms with van der Waals surface area (Å²) in [5.74, 6) is 0. The zero-order chi connectivity index (χ0) is 13.2. The molecule has 4 heteroatoms. The first-order chi connectivity index (χ1) is 9.22. The van der Waals surface area contributed by atoms with Crippen LogP contribution >= 0.6 is 11.6 Å². The molecule has 0 spiro atoms. The Hall–Kier alpha value is -0.770. The number of piperazine rings is 1. The monoisotopic (exact) mass is 279 g/mol. The molecule has 1 aliphatic carbocycles. The summed E-state index contributed by atoms with van der Waals surface area (Å²) < 4.78 is 0. The number of hydrogen-bond donors (Lipinski definition) is 1. The number of halogens is 1. The summed E-state index contributed by atoms with van der Waals surface area (Å²) in [6, 6.07) is 7.23. The molecule has 1 saturated carbocycles. The van der Waals surface area contributed by atoms with Crippen LogP contribution in [-0.4, -0.2) is 44.2 Å². The molecule has 1 N–H and O–H groups in total. The molecule has 1 heterocycles. The first-order valence-corrected chi connectivity index (χ1v) is 7.55. The fourth-order valence-corrected chi connectivity index (χ4v) is 2.72. The van der Waals surface area contributed by atoms with Gasteiger partial charge in [0.25, 0.3) is 0 Å². The van der Waals surface area contributed by atoms with E-state index < -0.39 is 0 Å². The van der Waals surface area contributed by atoms with Gasteiger partial charge in [-0.25, -0.2) is 0 Å². The zero-order valence-electron chi connectivity index (χ0n) is 11.5. The van der Waals surface area contributed by atoms with Crippen LogP contribution in [0, 0.1) is 0 Å². The van der Waals surface area contributed by atoms with Crippen molar-refractivity contribution in [1.82, 2.24) is 10.2 Å². The van der Waals surface area contributed by atoms with Crippen molar-refractivity contribution in [3.63, 3.8) is 0 Å². The number of likely N-dealkylation sites (N-methyl/N-ethyl adjacent to an activating group) is 1. The van der Waals surface area contributed by atoms with E-state index in [4.69, 9.17) is 11.6 Å². The van der Waals surface area contributed by atoms with Crippen LogP contribution in [0.25, 0.3) is 0 Å². The van der Waals surface area contributed by atoms with Gasteiger partial charge in [0.2, 0.25) is 0 Å². The van der Waals surface area contributed by atoms with Gasteiger partial charge in [0.05, 0.1) is 0 Å². The Morgan fingerprint density at radius 1 is 1.21 bits per heavy atom. The number of nitrogens with one attached hydrogen (secondary N) is 1. The second-order valence-electron chi connectivity index (χ2n) is 5.72. The molecule has 3 rings (SSSR count). The number of benzene rings is 1. The number of hydrogen-bond acceptors (Lipinski definition) is 3. The van der Waals surface area contributed by atoms with Crippen molar-refractivity contribution >= 4 is 17.3 Å². The summed E-state index contributed by atoms with van der Waals surface area (Å²) in [4.78, 5) is 4.79. The average molecular weight is 280 g/mol. The molecule has 1 saturated heterocycles. The minimum Gasteiger partial charge on any atom is -0.369 e. The summed E-state index contributed by atoms with van der Waals surface area (Å²) in [6.45, 7) is 5.33. The highest BCUT2D eigenvalue weighted by Crippen LogP contribution is 2.26. The Labute approximate surface area is 120 Å². The molecule has 0 unspecified atom stereocenters. The van der Waals surface area contributed by atoms with Gasteiger partial charge in [0.1, 0.15) is 0 Å². The summed E-state index contributed by atoms with van der Waals surface area (Å²) in [5, 5.41) is 4.41. The average Bonchev–Trinajstić information content (AvgIpc) is 3.22. The van der Waals surface area contributed by atoms with E-state index in [0.29, 0.717) is 0 Å². The second-order valence-corrected chi connectivity index (χ2v) is 6.13. The van der Waals surface area contributed by atoms with E-state index in [2.05, 4.69) is 40.4 Å². The molecule has 1 aromatic rings. The van der Waals surface area contributed by atoms with Crippen molar-refractivity contribution in [3.05, 3.63) is 28.8 Å². The van der Waals surface area contributed by atoms with Crippen LogP contribution in [0.15, 0.2) is 18.2 Å². The molecule has 19 heavy (non-hydrogen) atoms. The zero-order valence-corrected chi connectivity index (χ0v) is 12.3. The van der Waals surface area contributed by atoms with Gasteiger partial charge in [-0.15, -0.1) is 0 Å². The van der Waals surface area contributed by atoms with Crippen LogP contribution in [-0.2, 0) is 6.54 Å². The predicted octanol–water partition coefficient (Wildman–Crippen LogP) is 2.34. The SMILES string of the molecule is CN1CCN(c2ccc(CNC3CC3)c(Cl)c2)CC1. The summed E-state index contributed by atoms with van der Waals surface area (Å²) >= 11 is 6.40. The van der Waals surface area contributed by atoms with E-state index in [1.807, 2.05) is 0 Å². The van der Waals surface area contributed by atoms with Gasteiger partial charge in [-0.2, -0.15) is 0 Å². The van der Waals surface area contributed by atoms with Crippen LogP contribution in [0.2, 0.25) is 5.02 Å². The lowest BCUT2D eigenvalue weighted by Crippen LogP contribution is -2.44. The normalized spacial score (nSPS) is 20.8. The Bertz CT molecular complexity index is 437. The number of nitrogens with zero attached hydrogens (tertiary/aromatic N) is 2. The molecule has 0 amide bonds. The topological polar surface area (TPSA) is 18.5 Å². The van der Waals surface area contributed by atoms with Gasteiger partial charge in [-0.05, 0) is 37.6 Å². The Balaban J connectivity index is 1.64. The maximum absolute atomic E-state index is 6.40. The van der Waals surface area contributed by atoms with Crippen molar-refractivity contribution in [2.24, 2.45) is 0 Å². The Kier molecular flexibility index (Phi) is 3.96. The summed E-state index contributed by atoms with van der Waals surface area (Å²) in [5.41, 5.74) is 2.47. The van der Waals surface area contributed by atoms with E-state index in [0.717, 1.165) is 43.8 Å². The van der Waals surface area contributed by atoms with Gasteiger partial charge >= 0.3 is 0 Å².